The first-order valence-electron chi connectivity index (χ1n) is 7.60. The summed E-state index contributed by atoms with van der Waals surface area (Å²) in [6.45, 7) is 1.93. The van der Waals surface area contributed by atoms with E-state index in [1.807, 2.05) is 6.92 Å². The molecular weight excluding hydrogens is 340 g/mol. The molecule has 0 radical (unpaired) electrons. The Labute approximate surface area is 147 Å². The highest BCUT2D eigenvalue weighted by Gasteiger charge is 2.21. The normalized spacial score (nSPS) is 12.0. The van der Waals surface area contributed by atoms with Crippen LogP contribution >= 0.6 is 11.8 Å². The highest BCUT2D eigenvalue weighted by molar-refractivity contribution is 8.00. The maximum atomic E-state index is 12.5. The van der Waals surface area contributed by atoms with Gasteiger partial charge in [-0.1, -0.05) is 18.7 Å². The van der Waals surface area contributed by atoms with Gasteiger partial charge in [0.05, 0.1) is 11.6 Å². The van der Waals surface area contributed by atoms with Gasteiger partial charge >= 0.3 is 0 Å². The number of nitrogens with two attached hydrogens (primary N) is 1. The number of hydrogen-bond donors (Lipinski definition) is 3. The third-order valence-corrected chi connectivity index (χ3v) is 4.91. The molecule has 0 fully saturated rings. The molecule has 0 saturated heterocycles. The van der Waals surface area contributed by atoms with Crippen LogP contribution in [0.25, 0.3) is 11.2 Å². The molecule has 2 amide bonds. The van der Waals surface area contributed by atoms with Gasteiger partial charge in [-0.15, -0.1) is 0 Å². The highest BCUT2D eigenvalue weighted by Crippen LogP contribution is 2.28. The molecule has 9 heteroatoms. The van der Waals surface area contributed by atoms with E-state index in [9.17, 15) is 9.59 Å². The molecule has 8 nitrogen and oxygen atoms in total. The van der Waals surface area contributed by atoms with Crippen LogP contribution in [0.5, 0.6) is 0 Å². The molecule has 0 aliphatic rings. The first-order chi connectivity index (χ1) is 12.1. The number of thioether (sulfide) groups is 1. The van der Waals surface area contributed by atoms with Gasteiger partial charge in [-0.2, -0.15) is 0 Å². The van der Waals surface area contributed by atoms with Crippen molar-refractivity contribution in [1.29, 1.82) is 0 Å². The summed E-state index contributed by atoms with van der Waals surface area (Å²) in [5, 5.41) is 3.18. The lowest BCUT2D eigenvalue weighted by atomic mass is 10.2. The quantitative estimate of drug-likeness (QED) is 0.458. The monoisotopic (exact) mass is 356 g/mol. The van der Waals surface area contributed by atoms with Crippen molar-refractivity contribution in [3.8, 4) is 0 Å². The second-order valence-electron chi connectivity index (χ2n) is 5.23. The Morgan fingerprint density at radius 3 is 2.68 bits per heavy atom. The van der Waals surface area contributed by atoms with Gasteiger partial charge in [0.2, 0.25) is 11.8 Å². The van der Waals surface area contributed by atoms with Crippen molar-refractivity contribution in [2.45, 2.75) is 23.6 Å². The third kappa shape index (κ3) is 3.77. The standard InChI is InChI=1S/C16H16N6O2S/c1-2-11(25-16-12-14(19-7-18-12)20-8-21-16)15(24)22-10-5-3-9(4-6-10)13(17)23/h3-8,11H,2H2,1H3,(H2,17,23)(H,22,24)(H,18,19,20,21). The fourth-order valence-corrected chi connectivity index (χ4v) is 3.21. The van der Waals surface area contributed by atoms with Crippen molar-refractivity contribution in [3.05, 3.63) is 42.5 Å². The number of nitrogens with one attached hydrogen (secondary N) is 2. The van der Waals surface area contributed by atoms with Crippen molar-refractivity contribution in [2.24, 2.45) is 5.73 Å². The summed E-state index contributed by atoms with van der Waals surface area (Å²) in [6.07, 6.45) is 3.60. The molecule has 0 bridgehead atoms. The predicted octanol–water partition coefficient (Wildman–Crippen LogP) is 1.96. The fraction of sp³-hybridized carbons (Fsp3) is 0.188. The van der Waals surface area contributed by atoms with Crippen LogP contribution in [-0.4, -0.2) is 37.0 Å². The number of nitrogens with zero attached hydrogens (tertiary/aromatic N) is 3. The number of carbonyl (C=O) groups is 2. The lowest BCUT2D eigenvalue weighted by Crippen LogP contribution is -2.24. The minimum Gasteiger partial charge on any atom is -0.366 e. The highest BCUT2D eigenvalue weighted by atomic mass is 32.2. The third-order valence-electron chi connectivity index (χ3n) is 3.54. The Morgan fingerprint density at radius 1 is 1.24 bits per heavy atom. The van der Waals surface area contributed by atoms with Gasteiger partial charge < -0.3 is 16.0 Å². The molecule has 1 atom stereocenters. The molecule has 0 aliphatic heterocycles. The van der Waals surface area contributed by atoms with E-state index in [1.54, 1.807) is 30.6 Å². The van der Waals surface area contributed by atoms with Gasteiger partial charge in [-0.3, -0.25) is 9.59 Å². The van der Waals surface area contributed by atoms with Gasteiger partial charge in [0.15, 0.2) is 5.65 Å². The predicted molar refractivity (Wildman–Crippen MR) is 95.2 cm³/mol. The number of carbonyl (C=O) groups excluding carboxylic acids is 2. The van der Waals surface area contributed by atoms with E-state index >= 15 is 0 Å². The summed E-state index contributed by atoms with van der Waals surface area (Å²) in [5.74, 6) is -0.655. The Balaban J connectivity index is 1.73. The molecule has 1 aromatic carbocycles. The molecule has 0 spiro atoms. The molecule has 0 saturated carbocycles. The summed E-state index contributed by atoms with van der Waals surface area (Å²) >= 11 is 1.35. The maximum absolute atomic E-state index is 12.5. The van der Waals surface area contributed by atoms with Crippen LogP contribution in [-0.2, 0) is 4.79 Å². The average molecular weight is 356 g/mol. The van der Waals surface area contributed by atoms with Crippen molar-refractivity contribution in [3.63, 3.8) is 0 Å². The Bertz CT molecular complexity index is 908. The average Bonchev–Trinajstić information content (AvgIpc) is 3.09. The van der Waals surface area contributed by atoms with E-state index in [-0.39, 0.29) is 11.2 Å². The Kier molecular flexibility index (Phi) is 4.94. The van der Waals surface area contributed by atoms with Crippen LogP contribution in [0.2, 0.25) is 0 Å². The molecule has 2 aromatic heterocycles. The zero-order valence-electron chi connectivity index (χ0n) is 13.4. The van der Waals surface area contributed by atoms with E-state index in [2.05, 4.69) is 25.3 Å². The van der Waals surface area contributed by atoms with Crippen LogP contribution in [0.3, 0.4) is 0 Å². The van der Waals surface area contributed by atoms with E-state index in [1.165, 1.54) is 18.1 Å². The summed E-state index contributed by atoms with van der Waals surface area (Å²) in [5.41, 5.74) is 7.48. The van der Waals surface area contributed by atoms with Gasteiger partial charge in [-0.25, -0.2) is 15.0 Å². The SMILES string of the molecule is CCC(Sc1ncnc2nc[nH]c12)C(=O)Nc1ccc(C(N)=O)cc1. The second kappa shape index (κ2) is 7.31. The number of fused-ring (bicyclic) bond motifs is 1. The van der Waals surface area contributed by atoms with Crippen molar-refractivity contribution >= 4 is 40.4 Å². The molecule has 4 N–H and O–H groups in total. The van der Waals surface area contributed by atoms with E-state index in [4.69, 9.17) is 5.73 Å². The zero-order valence-corrected chi connectivity index (χ0v) is 14.2. The second-order valence-corrected chi connectivity index (χ2v) is 6.42. The molecule has 2 heterocycles. The number of aromatic amines is 1. The molecule has 3 aromatic rings. The number of rotatable bonds is 6. The van der Waals surface area contributed by atoms with Crippen LogP contribution in [0.15, 0.2) is 41.9 Å². The van der Waals surface area contributed by atoms with Crippen molar-refractivity contribution in [1.82, 2.24) is 19.9 Å². The number of imidazole rings is 1. The van der Waals surface area contributed by atoms with Crippen molar-refractivity contribution in [2.75, 3.05) is 5.32 Å². The van der Waals surface area contributed by atoms with Crippen LogP contribution in [0.1, 0.15) is 23.7 Å². The van der Waals surface area contributed by atoms with E-state index in [0.717, 1.165) is 0 Å². The van der Waals surface area contributed by atoms with Crippen molar-refractivity contribution < 1.29 is 9.59 Å². The summed E-state index contributed by atoms with van der Waals surface area (Å²) in [7, 11) is 0. The van der Waals surface area contributed by atoms with Gasteiger partial charge in [0, 0.05) is 11.3 Å². The summed E-state index contributed by atoms with van der Waals surface area (Å²) in [6, 6.07) is 6.44. The number of benzene rings is 1. The Hall–Kier alpha value is -2.94. The fourth-order valence-electron chi connectivity index (χ4n) is 2.23. The topological polar surface area (TPSA) is 127 Å². The number of aromatic nitrogens is 4. The minimum atomic E-state index is -0.507. The Morgan fingerprint density at radius 2 is 2.00 bits per heavy atom. The molecule has 25 heavy (non-hydrogen) atoms. The number of hydrogen-bond acceptors (Lipinski definition) is 6. The number of primary amides is 1. The van der Waals surface area contributed by atoms with E-state index < -0.39 is 5.91 Å². The molecule has 1 unspecified atom stereocenters. The number of anilines is 1. The van der Waals surface area contributed by atoms with Gasteiger partial charge in [-0.05, 0) is 30.7 Å². The lowest BCUT2D eigenvalue weighted by molar-refractivity contribution is -0.115. The van der Waals surface area contributed by atoms with Gasteiger partial charge in [0.1, 0.15) is 16.9 Å². The largest absolute Gasteiger partial charge is 0.366 e. The minimum absolute atomic E-state index is 0.148. The van der Waals surface area contributed by atoms with Crippen LogP contribution in [0.4, 0.5) is 5.69 Å². The summed E-state index contributed by atoms with van der Waals surface area (Å²) < 4.78 is 0. The van der Waals surface area contributed by atoms with Crippen LogP contribution < -0.4 is 11.1 Å². The van der Waals surface area contributed by atoms with Gasteiger partial charge in [0.25, 0.3) is 0 Å². The van der Waals surface area contributed by atoms with Crippen LogP contribution in [0, 0.1) is 0 Å². The first kappa shape index (κ1) is 16.9. The maximum Gasteiger partial charge on any atom is 0.248 e. The number of H-pyrrole nitrogens is 1. The summed E-state index contributed by atoms with van der Waals surface area (Å²) in [4.78, 5) is 39.0. The molecule has 0 aliphatic carbocycles. The molecule has 3 rings (SSSR count). The first-order valence-corrected chi connectivity index (χ1v) is 8.48. The molecular formula is C16H16N6O2S. The van der Waals surface area contributed by atoms with E-state index in [0.29, 0.717) is 33.9 Å². The lowest BCUT2D eigenvalue weighted by Gasteiger charge is -2.14. The molecule has 128 valence electrons. The smallest absolute Gasteiger partial charge is 0.248 e. The zero-order chi connectivity index (χ0) is 17.8. The number of amides is 2.